The van der Waals surface area contributed by atoms with Crippen molar-refractivity contribution in [3.8, 4) is 0 Å². The Balaban J connectivity index is 1.48. The summed E-state index contributed by atoms with van der Waals surface area (Å²) in [7, 11) is 0. The molecule has 0 aliphatic heterocycles. The average Bonchev–Trinajstić information content (AvgIpc) is 3.30. The van der Waals surface area contributed by atoms with Crippen molar-refractivity contribution >= 4 is 22.4 Å². The molecular formula is C21H21N5O. The summed E-state index contributed by atoms with van der Waals surface area (Å²) in [6, 6.07) is 14.2. The van der Waals surface area contributed by atoms with Crippen molar-refractivity contribution in [3.05, 3.63) is 78.4 Å². The van der Waals surface area contributed by atoms with Gasteiger partial charge in [0, 0.05) is 12.4 Å². The van der Waals surface area contributed by atoms with E-state index < -0.39 is 0 Å². The highest BCUT2D eigenvalue weighted by Crippen LogP contribution is 2.20. The maximum atomic E-state index is 12.5. The number of aromatic nitrogens is 4. The van der Waals surface area contributed by atoms with Gasteiger partial charge in [0.1, 0.15) is 6.04 Å². The lowest BCUT2D eigenvalue weighted by Crippen LogP contribution is -2.23. The van der Waals surface area contributed by atoms with Crippen LogP contribution in [0.15, 0.2) is 67.3 Å². The van der Waals surface area contributed by atoms with Gasteiger partial charge in [0.05, 0.1) is 24.6 Å². The van der Waals surface area contributed by atoms with Gasteiger partial charge in [-0.25, -0.2) is 0 Å². The molecule has 0 aliphatic rings. The Morgan fingerprint density at radius 2 is 1.89 bits per heavy atom. The maximum Gasteiger partial charge on any atom is 0.249 e. The fourth-order valence-corrected chi connectivity index (χ4v) is 3.13. The molecule has 1 unspecified atom stereocenters. The standard InChI is InChI=1S/C21H21N5O/c1-15-10-23-26(12-15)16(2)21(27)24-19-11-22-25(14-19)13-18-8-5-7-17-6-3-4-9-20(17)18/h3-12,14,16H,13H2,1-2H3,(H,24,27). The molecule has 0 radical (unpaired) electrons. The summed E-state index contributed by atoms with van der Waals surface area (Å²) in [5.74, 6) is -0.122. The summed E-state index contributed by atoms with van der Waals surface area (Å²) >= 11 is 0. The number of carbonyl (C=O) groups is 1. The number of hydrogen-bond donors (Lipinski definition) is 1. The minimum absolute atomic E-state index is 0.122. The van der Waals surface area contributed by atoms with E-state index in [9.17, 15) is 4.79 Å². The molecule has 2 heterocycles. The van der Waals surface area contributed by atoms with Crippen molar-refractivity contribution in [2.45, 2.75) is 26.4 Å². The molecular weight excluding hydrogens is 338 g/mol. The first-order valence-corrected chi connectivity index (χ1v) is 8.91. The van der Waals surface area contributed by atoms with Gasteiger partial charge in [-0.3, -0.25) is 14.2 Å². The number of carbonyl (C=O) groups excluding carboxylic acids is 1. The van der Waals surface area contributed by atoms with E-state index >= 15 is 0 Å². The zero-order valence-corrected chi connectivity index (χ0v) is 15.3. The number of anilines is 1. The Hall–Kier alpha value is -3.41. The second-order valence-electron chi connectivity index (χ2n) is 6.73. The molecule has 136 valence electrons. The van der Waals surface area contributed by atoms with Crippen molar-refractivity contribution in [2.75, 3.05) is 5.32 Å². The minimum Gasteiger partial charge on any atom is -0.322 e. The molecule has 0 saturated carbocycles. The fraction of sp³-hybridized carbons (Fsp3) is 0.190. The lowest BCUT2D eigenvalue weighted by Gasteiger charge is -2.11. The first-order valence-electron chi connectivity index (χ1n) is 8.91. The molecule has 1 atom stereocenters. The highest BCUT2D eigenvalue weighted by atomic mass is 16.2. The van der Waals surface area contributed by atoms with E-state index in [1.54, 1.807) is 17.1 Å². The van der Waals surface area contributed by atoms with Gasteiger partial charge in [0.15, 0.2) is 0 Å². The predicted octanol–water partition coefficient (Wildman–Crippen LogP) is 3.79. The monoisotopic (exact) mass is 359 g/mol. The third kappa shape index (κ3) is 3.60. The number of aryl methyl sites for hydroxylation is 1. The van der Waals surface area contributed by atoms with Gasteiger partial charge in [-0.15, -0.1) is 0 Å². The van der Waals surface area contributed by atoms with Crippen LogP contribution in [0, 0.1) is 6.92 Å². The van der Waals surface area contributed by atoms with E-state index in [2.05, 4.69) is 45.8 Å². The number of rotatable bonds is 5. The molecule has 0 spiro atoms. The average molecular weight is 359 g/mol. The fourth-order valence-electron chi connectivity index (χ4n) is 3.13. The van der Waals surface area contributed by atoms with Crippen LogP contribution in [0.3, 0.4) is 0 Å². The van der Waals surface area contributed by atoms with Gasteiger partial charge in [0.25, 0.3) is 0 Å². The quantitative estimate of drug-likeness (QED) is 0.590. The highest BCUT2D eigenvalue weighted by Gasteiger charge is 2.16. The Bertz CT molecular complexity index is 1090. The highest BCUT2D eigenvalue weighted by molar-refractivity contribution is 5.93. The topological polar surface area (TPSA) is 64.7 Å². The predicted molar refractivity (Wildman–Crippen MR) is 106 cm³/mol. The second kappa shape index (κ2) is 7.07. The van der Waals surface area contributed by atoms with Crippen LogP contribution in [-0.4, -0.2) is 25.5 Å². The molecule has 2 aromatic carbocycles. The Morgan fingerprint density at radius 1 is 1.07 bits per heavy atom. The molecule has 0 saturated heterocycles. The molecule has 2 aromatic heterocycles. The third-order valence-electron chi connectivity index (χ3n) is 4.62. The van der Waals surface area contributed by atoms with Gasteiger partial charge in [-0.1, -0.05) is 42.5 Å². The van der Waals surface area contributed by atoms with Gasteiger partial charge in [-0.2, -0.15) is 10.2 Å². The Kier molecular flexibility index (Phi) is 4.46. The van der Waals surface area contributed by atoms with Crippen molar-refractivity contribution in [1.29, 1.82) is 0 Å². The number of benzene rings is 2. The molecule has 0 fully saturated rings. The molecule has 4 aromatic rings. The SMILES string of the molecule is Cc1cnn(C(C)C(=O)Nc2cnn(Cc3cccc4ccccc34)c2)c1. The van der Waals surface area contributed by atoms with E-state index in [1.807, 2.05) is 43.1 Å². The normalized spacial score (nSPS) is 12.2. The maximum absolute atomic E-state index is 12.5. The summed E-state index contributed by atoms with van der Waals surface area (Å²) in [5, 5.41) is 13.9. The van der Waals surface area contributed by atoms with Crippen LogP contribution in [0.1, 0.15) is 24.1 Å². The van der Waals surface area contributed by atoms with Gasteiger partial charge in [-0.05, 0) is 35.7 Å². The number of amides is 1. The number of nitrogens with one attached hydrogen (secondary N) is 1. The third-order valence-corrected chi connectivity index (χ3v) is 4.62. The molecule has 6 heteroatoms. The van der Waals surface area contributed by atoms with Crippen molar-refractivity contribution in [3.63, 3.8) is 0 Å². The van der Waals surface area contributed by atoms with Crippen LogP contribution >= 0.6 is 0 Å². The van der Waals surface area contributed by atoms with E-state index in [0.29, 0.717) is 12.2 Å². The van der Waals surface area contributed by atoms with Gasteiger partial charge < -0.3 is 5.32 Å². The molecule has 27 heavy (non-hydrogen) atoms. The van der Waals surface area contributed by atoms with E-state index in [0.717, 1.165) is 5.56 Å². The zero-order chi connectivity index (χ0) is 18.8. The number of hydrogen-bond acceptors (Lipinski definition) is 3. The lowest BCUT2D eigenvalue weighted by molar-refractivity contribution is -0.119. The van der Waals surface area contributed by atoms with Crippen LogP contribution in [0.5, 0.6) is 0 Å². The molecule has 1 amide bonds. The summed E-state index contributed by atoms with van der Waals surface area (Å²) in [4.78, 5) is 12.5. The first-order chi connectivity index (χ1) is 13.1. The van der Waals surface area contributed by atoms with Crippen LogP contribution in [0.25, 0.3) is 10.8 Å². The van der Waals surface area contributed by atoms with E-state index in [1.165, 1.54) is 16.3 Å². The summed E-state index contributed by atoms with van der Waals surface area (Å²) in [6.07, 6.45) is 7.12. The van der Waals surface area contributed by atoms with Crippen LogP contribution < -0.4 is 5.32 Å². The van der Waals surface area contributed by atoms with Crippen molar-refractivity contribution in [1.82, 2.24) is 19.6 Å². The molecule has 4 rings (SSSR count). The lowest BCUT2D eigenvalue weighted by atomic mass is 10.0. The summed E-state index contributed by atoms with van der Waals surface area (Å²) in [6.45, 7) is 4.42. The van der Waals surface area contributed by atoms with Crippen LogP contribution in [-0.2, 0) is 11.3 Å². The summed E-state index contributed by atoms with van der Waals surface area (Å²) in [5.41, 5.74) is 2.89. The molecule has 0 aliphatic carbocycles. The zero-order valence-electron chi connectivity index (χ0n) is 15.3. The number of fused-ring (bicyclic) bond motifs is 1. The molecule has 6 nitrogen and oxygen atoms in total. The Labute approximate surface area is 157 Å². The first kappa shape index (κ1) is 17.0. The molecule has 0 bridgehead atoms. The number of nitrogens with zero attached hydrogens (tertiary/aromatic N) is 4. The van der Waals surface area contributed by atoms with Crippen molar-refractivity contribution in [2.24, 2.45) is 0 Å². The Morgan fingerprint density at radius 3 is 2.70 bits per heavy atom. The van der Waals surface area contributed by atoms with Crippen molar-refractivity contribution < 1.29 is 4.79 Å². The van der Waals surface area contributed by atoms with Gasteiger partial charge in [0.2, 0.25) is 5.91 Å². The minimum atomic E-state index is -0.389. The summed E-state index contributed by atoms with van der Waals surface area (Å²) < 4.78 is 3.49. The smallest absolute Gasteiger partial charge is 0.249 e. The molecule has 1 N–H and O–H groups in total. The van der Waals surface area contributed by atoms with E-state index in [-0.39, 0.29) is 11.9 Å². The van der Waals surface area contributed by atoms with Crippen LogP contribution in [0.2, 0.25) is 0 Å². The van der Waals surface area contributed by atoms with Crippen LogP contribution in [0.4, 0.5) is 5.69 Å². The largest absolute Gasteiger partial charge is 0.322 e. The van der Waals surface area contributed by atoms with E-state index in [4.69, 9.17) is 0 Å². The second-order valence-corrected chi connectivity index (χ2v) is 6.73. The van der Waals surface area contributed by atoms with Gasteiger partial charge >= 0.3 is 0 Å².